The number of amides is 1. The van der Waals surface area contributed by atoms with Gasteiger partial charge in [0.1, 0.15) is 6.04 Å². The fraction of sp³-hybridized carbons (Fsp3) is 0.429. The maximum atomic E-state index is 12.3. The van der Waals surface area contributed by atoms with Crippen molar-refractivity contribution < 1.29 is 19.6 Å². The highest BCUT2D eigenvalue weighted by molar-refractivity contribution is 7.48. The van der Waals surface area contributed by atoms with Crippen molar-refractivity contribution in [2.24, 2.45) is 4.74 Å². The molecule has 0 spiro atoms. The van der Waals surface area contributed by atoms with Gasteiger partial charge in [-0.1, -0.05) is 22.9 Å². The quantitative estimate of drug-likeness (QED) is 0.829. The zero-order valence-electron chi connectivity index (χ0n) is 11.7. The Labute approximate surface area is 124 Å². The number of hydrogen-bond donors (Lipinski definition) is 1. The monoisotopic (exact) mass is 308 g/mol. The fourth-order valence-electron chi connectivity index (χ4n) is 2.36. The molecule has 0 bridgehead atoms. The molecule has 1 unspecified atom stereocenters. The van der Waals surface area contributed by atoms with Crippen LogP contribution in [0, 0.1) is 0 Å². The number of likely N-dealkylation sites (tertiary alicyclic amines) is 1. The molecule has 1 saturated heterocycles. The number of nitrogens with zero attached hydrogens (tertiary/aromatic N) is 2. The van der Waals surface area contributed by atoms with Crippen LogP contribution in [0.15, 0.2) is 35.1 Å². The van der Waals surface area contributed by atoms with Crippen molar-refractivity contribution in [2.75, 3.05) is 6.54 Å². The first-order valence-corrected chi connectivity index (χ1v) is 7.98. The van der Waals surface area contributed by atoms with E-state index in [1.54, 1.807) is 31.2 Å². The van der Waals surface area contributed by atoms with E-state index < -0.39 is 26.0 Å². The van der Waals surface area contributed by atoms with Crippen LogP contribution in [0.5, 0.6) is 0 Å². The second kappa shape index (κ2) is 6.78. The van der Waals surface area contributed by atoms with Crippen LogP contribution in [-0.4, -0.2) is 40.5 Å². The molecule has 1 aromatic carbocycles. The number of aliphatic carboxylic acids is 1. The highest BCUT2D eigenvalue weighted by atomic mass is 31.1. The Kier molecular flexibility index (Phi) is 5.04. The Hall–Kier alpha value is -1.78. The summed E-state index contributed by atoms with van der Waals surface area (Å²) in [4.78, 5) is 36.8. The van der Waals surface area contributed by atoms with Gasteiger partial charge in [0.25, 0.3) is 5.91 Å². The minimum atomic E-state index is -2.01. The van der Waals surface area contributed by atoms with Gasteiger partial charge >= 0.3 is 5.97 Å². The van der Waals surface area contributed by atoms with Gasteiger partial charge in [-0.25, -0.2) is 4.79 Å². The summed E-state index contributed by atoms with van der Waals surface area (Å²) in [5.74, 6) is -1.38. The Balaban J connectivity index is 2.11. The smallest absolute Gasteiger partial charge is 0.326 e. The van der Waals surface area contributed by atoms with E-state index in [4.69, 9.17) is 5.11 Å². The van der Waals surface area contributed by atoms with Crippen molar-refractivity contribution >= 4 is 25.1 Å². The van der Waals surface area contributed by atoms with E-state index in [2.05, 4.69) is 4.74 Å². The standard InChI is InChI=1S/C14H17N2O4P/c1-10(15-21(20)11-6-3-2-4-7-11)13(17)16-9-5-8-12(16)14(18)19/h2-4,6-7,10,12H,5,8-9H2,1H3,(H,18,19)/t10-,12-/m0/s1. The Morgan fingerprint density at radius 3 is 2.71 bits per heavy atom. The van der Waals surface area contributed by atoms with Gasteiger partial charge in [-0.05, 0) is 31.9 Å². The molecule has 1 heterocycles. The molecule has 1 fully saturated rings. The van der Waals surface area contributed by atoms with Gasteiger partial charge in [0, 0.05) is 6.54 Å². The Bertz CT molecular complexity index is 561. The lowest BCUT2D eigenvalue weighted by Crippen LogP contribution is -2.44. The molecule has 112 valence electrons. The average molecular weight is 308 g/mol. The zero-order chi connectivity index (χ0) is 15.4. The van der Waals surface area contributed by atoms with Crippen LogP contribution in [0.25, 0.3) is 0 Å². The molecular weight excluding hydrogens is 291 g/mol. The molecule has 1 aliphatic rings. The van der Waals surface area contributed by atoms with Gasteiger partial charge in [-0.2, -0.15) is 0 Å². The lowest BCUT2D eigenvalue weighted by Gasteiger charge is -2.22. The van der Waals surface area contributed by atoms with Crippen LogP contribution >= 0.6 is 7.94 Å². The number of benzene rings is 1. The second-order valence-corrected chi connectivity index (χ2v) is 6.22. The Morgan fingerprint density at radius 2 is 2.10 bits per heavy atom. The second-order valence-electron chi connectivity index (χ2n) is 4.93. The number of carbonyl (C=O) groups excluding carboxylic acids is 1. The molecule has 0 aromatic heterocycles. The third kappa shape index (κ3) is 3.65. The van der Waals surface area contributed by atoms with E-state index in [0.29, 0.717) is 24.7 Å². The molecule has 21 heavy (non-hydrogen) atoms. The predicted octanol–water partition coefficient (Wildman–Crippen LogP) is 0.717. The van der Waals surface area contributed by atoms with Gasteiger partial charge in [-0.3, -0.25) is 4.79 Å². The third-order valence-corrected chi connectivity index (χ3v) is 4.73. The van der Waals surface area contributed by atoms with Crippen LogP contribution in [0.1, 0.15) is 19.8 Å². The maximum absolute atomic E-state index is 12.3. The Morgan fingerprint density at radius 1 is 1.43 bits per heavy atom. The minimum Gasteiger partial charge on any atom is -0.607 e. The summed E-state index contributed by atoms with van der Waals surface area (Å²) in [6.07, 6.45) is 1.12. The van der Waals surface area contributed by atoms with Crippen LogP contribution in [-0.2, 0) is 9.59 Å². The first-order valence-electron chi connectivity index (χ1n) is 6.77. The topological polar surface area (TPSA) is 93.0 Å². The summed E-state index contributed by atoms with van der Waals surface area (Å²) in [5.41, 5.74) is 0. The number of carboxylic acid groups (broad SMARTS) is 1. The summed E-state index contributed by atoms with van der Waals surface area (Å²) < 4.78 is 4.01. The first-order chi connectivity index (χ1) is 10.0. The van der Waals surface area contributed by atoms with E-state index in [-0.39, 0.29) is 5.91 Å². The van der Waals surface area contributed by atoms with Crippen LogP contribution in [0.3, 0.4) is 0 Å². The molecular formula is C14H17N2O4P. The van der Waals surface area contributed by atoms with Crippen LogP contribution < -0.4 is 10.2 Å². The molecule has 3 atom stereocenters. The molecule has 1 N–H and O–H groups in total. The van der Waals surface area contributed by atoms with E-state index >= 15 is 0 Å². The highest BCUT2D eigenvalue weighted by Gasteiger charge is 2.36. The van der Waals surface area contributed by atoms with Crippen molar-refractivity contribution in [3.05, 3.63) is 30.3 Å². The molecule has 6 nitrogen and oxygen atoms in total. The summed E-state index contributed by atoms with van der Waals surface area (Å²) in [6.45, 7) is 1.97. The molecule has 0 saturated carbocycles. The third-order valence-electron chi connectivity index (χ3n) is 3.43. The molecule has 1 amide bonds. The largest absolute Gasteiger partial charge is 0.607 e. The predicted molar refractivity (Wildman–Crippen MR) is 77.3 cm³/mol. The molecule has 2 rings (SSSR count). The van der Waals surface area contributed by atoms with E-state index in [9.17, 15) is 14.5 Å². The van der Waals surface area contributed by atoms with E-state index in [0.717, 1.165) is 0 Å². The summed E-state index contributed by atoms with van der Waals surface area (Å²) in [7, 11) is -2.01. The van der Waals surface area contributed by atoms with Gasteiger partial charge in [0.15, 0.2) is 11.3 Å². The summed E-state index contributed by atoms with van der Waals surface area (Å²) in [6, 6.07) is 7.10. The van der Waals surface area contributed by atoms with Crippen LogP contribution in [0.4, 0.5) is 0 Å². The lowest BCUT2D eigenvalue weighted by atomic mass is 10.2. The molecule has 0 radical (unpaired) electrons. The molecule has 7 heteroatoms. The molecule has 1 aromatic rings. The van der Waals surface area contributed by atoms with Crippen molar-refractivity contribution in [3.8, 4) is 0 Å². The fourth-order valence-corrected chi connectivity index (χ4v) is 3.33. The SMILES string of the molecule is C[C@H](/N=[P+](\[O-])c1ccccc1)C(=O)N1CCC[C@H]1C(=O)O. The summed E-state index contributed by atoms with van der Waals surface area (Å²) >= 11 is 0. The van der Waals surface area contributed by atoms with Gasteiger partial charge < -0.3 is 14.9 Å². The first kappa shape index (κ1) is 15.6. The number of hydrogen-bond acceptors (Lipinski definition) is 4. The average Bonchev–Trinajstić information content (AvgIpc) is 2.96. The van der Waals surface area contributed by atoms with Crippen molar-refractivity contribution in [1.29, 1.82) is 0 Å². The van der Waals surface area contributed by atoms with E-state index in [1.165, 1.54) is 4.90 Å². The van der Waals surface area contributed by atoms with Crippen LogP contribution in [0.2, 0.25) is 0 Å². The van der Waals surface area contributed by atoms with Crippen molar-refractivity contribution in [2.45, 2.75) is 31.8 Å². The number of carbonyl (C=O) groups is 2. The molecule has 1 aliphatic heterocycles. The highest BCUT2D eigenvalue weighted by Crippen LogP contribution is 2.22. The number of carboxylic acids is 1. The molecule has 0 aliphatic carbocycles. The zero-order valence-corrected chi connectivity index (χ0v) is 12.6. The van der Waals surface area contributed by atoms with E-state index in [1.807, 2.05) is 6.07 Å². The van der Waals surface area contributed by atoms with Crippen molar-refractivity contribution in [1.82, 2.24) is 4.90 Å². The van der Waals surface area contributed by atoms with Crippen molar-refractivity contribution in [3.63, 3.8) is 0 Å². The lowest BCUT2D eigenvalue weighted by molar-refractivity contribution is -0.153. The minimum absolute atomic E-state index is 0.376. The van der Waals surface area contributed by atoms with Gasteiger partial charge in [-0.15, -0.1) is 0 Å². The van der Waals surface area contributed by atoms with Gasteiger partial charge in [0.2, 0.25) is 7.94 Å². The normalized spacial score (nSPS) is 20.4. The van der Waals surface area contributed by atoms with Gasteiger partial charge in [0.05, 0.1) is 0 Å². The maximum Gasteiger partial charge on any atom is 0.326 e. The summed E-state index contributed by atoms with van der Waals surface area (Å²) in [5, 5.41) is 9.65. The number of rotatable bonds is 4.